The number of aliphatic imine (C=N–C) groups is 1. The number of hydrazone groups is 1. The lowest BCUT2D eigenvalue weighted by Crippen LogP contribution is -2.35. The molecule has 8 nitrogen and oxygen atoms in total. The summed E-state index contributed by atoms with van der Waals surface area (Å²) in [6, 6.07) is 11.2. The van der Waals surface area contributed by atoms with Crippen molar-refractivity contribution in [2.24, 2.45) is 10.1 Å². The average molecular weight is 434 g/mol. The highest BCUT2D eigenvalue weighted by Crippen LogP contribution is 2.25. The Morgan fingerprint density at radius 2 is 2.10 bits per heavy atom. The van der Waals surface area contributed by atoms with Crippen LogP contribution < -0.4 is 20.8 Å². The number of rotatable bonds is 6. The van der Waals surface area contributed by atoms with Crippen molar-refractivity contribution in [1.29, 1.82) is 0 Å². The first-order chi connectivity index (χ1) is 14.0. The van der Waals surface area contributed by atoms with Gasteiger partial charge in [-0.25, -0.2) is 10.4 Å². The number of carbonyl (C=O) groups excluding carboxylic acids is 2. The number of guanidine groups is 1. The van der Waals surface area contributed by atoms with E-state index in [0.29, 0.717) is 21.5 Å². The van der Waals surface area contributed by atoms with Gasteiger partial charge in [-0.1, -0.05) is 35.3 Å². The third kappa shape index (κ3) is 5.46. The van der Waals surface area contributed by atoms with Crippen molar-refractivity contribution < 1.29 is 14.3 Å². The van der Waals surface area contributed by atoms with Crippen LogP contribution in [0.5, 0.6) is 5.75 Å². The molecule has 1 heterocycles. The maximum atomic E-state index is 12.2. The predicted molar refractivity (Wildman–Crippen MR) is 113 cm³/mol. The number of amides is 2. The molecule has 2 aromatic carbocycles. The van der Waals surface area contributed by atoms with Crippen molar-refractivity contribution >= 4 is 52.9 Å². The molecule has 0 saturated carbocycles. The van der Waals surface area contributed by atoms with Gasteiger partial charge in [0.2, 0.25) is 11.9 Å². The molecular weight excluding hydrogens is 417 g/mol. The lowest BCUT2D eigenvalue weighted by atomic mass is 10.2. The minimum absolute atomic E-state index is 0.147. The van der Waals surface area contributed by atoms with E-state index in [1.54, 1.807) is 25.3 Å². The minimum Gasteiger partial charge on any atom is -0.496 e. The Kier molecular flexibility index (Phi) is 6.69. The molecule has 0 bridgehead atoms. The summed E-state index contributed by atoms with van der Waals surface area (Å²) >= 11 is 11.9. The average Bonchev–Trinajstić information content (AvgIpc) is 3.03. The van der Waals surface area contributed by atoms with Crippen molar-refractivity contribution in [3.63, 3.8) is 0 Å². The molecule has 1 atom stereocenters. The molecule has 1 aliphatic rings. The molecule has 10 heteroatoms. The highest BCUT2D eigenvalue weighted by atomic mass is 35.5. The highest BCUT2D eigenvalue weighted by Gasteiger charge is 2.28. The van der Waals surface area contributed by atoms with Crippen LogP contribution in [0, 0.1) is 0 Å². The first-order valence-electron chi connectivity index (χ1n) is 8.52. The fourth-order valence-electron chi connectivity index (χ4n) is 2.55. The first kappa shape index (κ1) is 20.6. The summed E-state index contributed by atoms with van der Waals surface area (Å²) in [4.78, 5) is 28.4. The number of nitrogens with zero attached hydrogens (tertiary/aromatic N) is 2. The maximum absolute atomic E-state index is 12.2. The van der Waals surface area contributed by atoms with E-state index in [1.165, 1.54) is 12.3 Å². The molecule has 2 amide bonds. The molecule has 0 unspecified atom stereocenters. The smallest absolute Gasteiger partial charge is 0.252 e. The standard InChI is InChI=1S/C19H17Cl2N5O3/c1-29-16-5-3-2-4-11(16)10-22-26-19-24-15(18(28)25-19)9-17(27)23-14-7-6-12(20)8-13(14)21/h2-8,10,15H,9H2,1H3,(H,23,27)(H2,24,25,26,28)/b22-10-/t15-/m0/s1. The molecule has 0 radical (unpaired) electrons. The van der Waals surface area contributed by atoms with Gasteiger partial charge in [-0.05, 0) is 30.3 Å². The number of nitrogens with one attached hydrogen (secondary N) is 3. The third-order valence-electron chi connectivity index (χ3n) is 3.93. The van der Waals surface area contributed by atoms with Crippen molar-refractivity contribution in [3.05, 3.63) is 58.1 Å². The molecule has 0 saturated heterocycles. The first-order valence-corrected chi connectivity index (χ1v) is 9.27. The lowest BCUT2D eigenvalue weighted by molar-refractivity contribution is -0.123. The summed E-state index contributed by atoms with van der Waals surface area (Å²) in [7, 11) is 1.56. The van der Waals surface area contributed by atoms with Crippen molar-refractivity contribution in [1.82, 2.24) is 10.7 Å². The molecule has 3 rings (SSSR count). The van der Waals surface area contributed by atoms with Gasteiger partial charge in [-0.15, -0.1) is 0 Å². The number of para-hydroxylation sites is 1. The number of halogens is 2. The van der Waals surface area contributed by atoms with Crippen LogP contribution in [-0.4, -0.2) is 37.1 Å². The van der Waals surface area contributed by atoms with Gasteiger partial charge in [0.25, 0.3) is 5.91 Å². The molecule has 150 valence electrons. The summed E-state index contributed by atoms with van der Waals surface area (Å²) < 4.78 is 5.23. The summed E-state index contributed by atoms with van der Waals surface area (Å²) in [6.45, 7) is 0. The van der Waals surface area contributed by atoms with Gasteiger partial charge in [0.05, 0.1) is 30.5 Å². The van der Waals surface area contributed by atoms with Gasteiger partial charge in [0.1, 0.15) is 11.8 Å². The number of hydrogen-bond acceptors (Lipinski definition) is 6. The predicted octanol–water partition coefficient (Wildman–Crippen LogP) is 2.81. The topological polar surface area (TPSA) is 104 Å². The Balaban J connectivity index is 1.58. The zero-order chi connectivity index (χ0) is 20.8. The minimum atomic E-state index is -0.870. The van der Waals surface area contributed by atoms with Crippen molar-refractivity contribution in [3.8, 4) is 5.75 Å². The SMILES string of the molecule is COc1ccccc1/C=N\NC1=N[C@@H](CC(=O)Nc2ccc(Cl)cc2Cl)C(=O)N1. The molecule has 0 spiro atoms. The van der Waals surface area contributed by atoms with Crippen LogP contribution in [0.3, 0.4) is 0 Å². The molecule has 0 aromatic heterocycles. The molecular formula is C19H17Cl2N5O3. The number of hydrogen-bond donors (Lipinski definition) is 3. The monoisotopic (exact) mass is 433 g/mol. The van der Waals surface area contributed by atoms with E-state index in [2.05, 4.69) is 26.2 Å². The Bertz CT molecular complexity index is 994. The van der Waals surface area contributed by atoms with Crippen molar-refractivity contribution in [2.75, 3.05) is 12.4 Å². The molecule has 3 N–H and O–H groups in total. The second-order valence-corrected chi connectivity index (χ2v) is 6.81. The fraction of sp³-hybridized carbons (Fsp3) is 0.158. The molecule has 29 heavy (non-hydrogen) atoms. The van der Waals surface area contributed by atoms with Gasteiger partial charge < -0.3 is 10.1 Å². The molecule has 0 aliphatic carbocycles. The van der Waals surface area contributed by atoms with Crippen LogP contribution in [0.15, 0.2) is 52.6 Å². The molecule has 1 aliphatic heterocycles. The number of benzene rings is 2. The fourth-order valence-corrected chi connectivity index (χ4v) is 3.00. The molecule has 0 fully saturated rings. The van der Waals surface area contributed by atoms with Crippen LogP contribution in [0.1, 0.15) is 12.0 Å². The van der Waals surface area contributed by atoms with E-state index >= 15 is 0 Å². The Morgan fingerprint density at radius 1 is 1.31 bits per heavy atom. The van der Waals surface area contributed by atoms with Gasteiger partial charge in [-0.3, -0.25) is 14.9 Å². The van der Waals surface area contributed by atoms with Gasteiger partial charge in [-0.2, -0.15) is 5.10 Å². The highest BCUT2D eigenvalue weighted by molar-refractivity contribution is 6.36. The van der Waals surface area contributed by atoms with E-state index in [9.17, 15) is 9.59 Å². The largest absolute Gasteiger partial charge is 0.496 e. The summed E-state index contributed by atoms with van der Waals surface area (Å²) in [6.07, 6.45) is 1.39. The zero-order valence-electron chi connectivity index (χ0n) is 15.3. The molecule has 2 aromatic rings. The van der Waals surface area contributed by atoms with E-state index in [4.69, 9.17) is 27.9 Å². The lowest BCUT2D eigenvalue weighted by Gasteiger charge is -2.08. The Hall–Kier alpha value is -3.10. The number of methoxy groups -OCH3 is 1. The normalized spacial score (nSPS) is 15.8. The van der Waals surface area contributed by atoms with E-state index in [1.807, 2.05) is 18.2 Å². The number of anilines is 1. The van der Waals surface area contributed by atoms with Crippen LogP contribution in [0.4, 0.5) is 5.69 Å². The van der Waals surface area contributed by atoms with Crippen LogP contribution in [-0.2, 0) is 9.59 Å². The van der Waals surface area contributed by atoms with Crippen LogP contribution in [0.2, 0.25) is 10.0 Å². The number of ether oxygens (including phenoxy) is 1. The quantitative estimate of drug-likeness (QED) is 0.481. The maximum Gasteiger partial charge on any atom is 0.252 e. The third-order valence-corrected chi connectivity index (χ3v) is 4.47. The summed E-state index contributed by atoms with van der Waals surface area (Å²) in [5.74, 6) is 0.00330. The van der Waals surface area contributed by atoms with Gasteiger partial charge >= 0.3 is 0 Å². The van der Waals surface area contributed by atoms with Crippen LogP contribution in [0.25, 0.3) is 0 Å². The van der Waals surface area contributed by atoms with E-state index in [-0.39, 0.29) is 12.4 Å². The van der Waals surface area contributed by atoms with Gasteiger partial charge in [0, 0.05) is 10.6 Å². The summed E-state index contributed by atoms with van der Waals surface area (Å²) in [5, 5.41) is 9.97. The summed E-state index contributed by atoms with van der Waals surface area (Å²) in [5.41, 5.74) is 3.80. The van der Waals surface area contributed by atoms with E-state index in [0.717, 1.165) is 5.56 Å². The Labute approximate surface area is 176 Å². The van der Waals surface area contributed by atoms with Crippen molar-refractivity contribution in [2.45, 2.75) is 12.5 Å². The Morgan fingerprint density at radius 3 is 2.86 bits per heavy atom. The second-order valence-electron chi connectivity index (χ2n) is 5.97. The number of carbonyl (C=O) groups is 2. The van der Waals surface area contributed by atoms with Crippen LogP contribution >= 0.6 is 23.2 Å². The second kappa shape index (κ2) is 9.40. The van der Waals surface area contributed by atoms with E-state index < -0.39 is 17.9 Å². The van der Waals surface area contributed by atoms with Gasteiger partial charge in [0.15, 0.2) is 0 Å². The zero-order valence-corrected chi connectivity index (χ0v) is 16.8.